The number of hydrogen-bond donors (Lipinski definition) is 3. The Kier molecular flexibility index (Phi) is 13.6. The van der Waals surface area contributed by atoms with Crippen LogP contribution in [0.2, 0.25) is 5.02 Å². The van der Waals surface area contributed by atoms with E-state index in [-0.39, 0.29) is 37.5 Å². The van der Waals surface area contributed by atoms with Gasteiger partial charge in [-0.2, -0.15) is 0 Å². The summed E-state index contributed by atoms with van der Waals surface area (Å²) in [6.45, 7) is 4.75. The second kappa shape index (κ2) is 17.6. The summed E-state index contributed by atoms with van der Waals surface area (Å²) >= 11 is 6.23. The van der Waals surface area contributed by atoms with E-state index in [1.165, 1.54) is 29.9 Å². The van der Waals surface area contributed by atoms with E-state index in [2.05, 4.69) is 25.6 Å². The Morgan fingerprint density at radius 3 is 2.47 bits per heavy atom. The lowest BCUT2D eigenvalue weighted by atomic mass is 9.93. The van der Waals surface area contributed by atoms with E-state index in [1.807, 2.05) is 0 Å². The topological polar surface area (TPSA) is 189 Å². The molecular weight excluding hydrogens is 676 g/mol. The molecule has 1 saturated heterocycles. The summed E-state index contributed by atoms with van der Waals surface area (Å²) in [5.74, 6) is -2.60. The largest absolute Gasteiger partial charge is 0.393 e. The van der Waals surface area contributed by atoms with E-state index in [9.17, 15) is 27.9 Å². The standard InChI is InChI=1S/C32H43ClN8O7S/c1-22(42)17-29(31(44)34-19-25-18-26(33)9-11-28(25)41-21-35-37-38-41)39(3)32(45)27(10-12-30(43)40-13-15-48-16-14-40)23(2)36-49(46,47)20-24-7-5-4-6-8-24/h4-9,11,18,21-23,27,29,36,42H,10,12-17,19-20H2,1-3H3,(H,34,44). The van der Waals surface area contributed by atoms with Crippen molar-refractivity contribution in [1.82, 2.24) is 40.0 Å². The number of rotatable bonds is 16. The van der Waals surface area contributed by atoms with E-state index in [4.69, 9.17) is 16.3 Å². The Bertz CT molecular complexity index is 1650. The number of sulfonamides is 1. The Hall–Kier alpha value is -3.96. The molecule has 2 heterocycles. The highest BCUT2D eigenvalue weighted by Crippen LogP contribution is 2.22. The number of nitrogens with one attached hydrogen (secondary N) is 2. The average molecular weight is 719 g/mol. The summed E-state index contributed by atoms with van der Waals surface area (Å²) in [7, 11) is -2.46. The Morgan fingerprint density at radius 1 is 1.10 bits per heavy atom. The van der Waals surface area contributed by atoms with Gasteiger partial charge < -0.3 is 25.0 Å². The lowest BCUT2D eigenvalue weighted by Gasteiger charge is -2.34. The minimum absolute atomic E-state index is 0.0000933. The second-order valence-electron chi connectivity index (χ2n) is 12.1. The van der Waals surface area contributed by atoms with Crippen LogP contribution in [-0.2, 0) is 41.4 Å². The van der Waals surface area contributed by atoms with Crippen LogP contribution in [0, 0.1) is 5.92 Å². The second-order valence-corrected chi connectivity index (χ2v) is 14.3. The number of benzene rings is 2. The smallest absolute Gasteiger partial charge is 0.243 e. The van der Waals surface area contributed by atoms with Crippen molar-refractivity contribution in [2.24, 2.45) is 5.92 Å². The van der Waals surface area contributed by atoms with Crippen LogP contribution in [-0.4, -0.2) is 113 Å². The van der Waals surface area contributed by atoms with Crippen molar-refractivity contribution >= 4 is 39.3 Å². The zero-order valence-electron chi connectivity index (χ0n) is 27.7. The molecule has 1 aliphatic rings. The minimum Gasteiger partial charge on any atom is -0.393 e. The molecule has 1 fully saturated rings. The molecule has 17 heteroatoms. The van der Waals surface area contributed by atoms with Crippen LogP contribution in [0.15, 0.2) is 54.9 Å². The van der Waals surface area contributed by atoms with Gasteiger partial charge >= 0.3 is 0 Å². The number of carbonyl (C=O) groups excluding carboxylic acids is 3. The van der Waals surface area contributed by atoms with Gasteiger partial charge in [0, 0.05) is 50.6 Å². The molecule has 3 N–H and O–H groups in total. The first-order chi connectivity index (χ1) is 23.3. The average Bonchev–Trinajstić information content (AvgIpc) is 3.61. The van der Waals surface area contributed by atoms with Crippen molar-refractivity contribution in [3.8, 4) is 5.69 Å². The molecule has 1 aromatic heterocycles. The number of amides is 3. The van der Waals surface area contributed by atoms with Gasteiger partial charge in [0.1, 0.15) is 12.4 Å². The number of aromatic nitrogens is 4. The summed E-state index contributed by atoms with van der Waals surface area (Å²) in [5.41, 5.74) is 1.74. The summed E-state index contributed by atoms with van der Waals surface area (Å²) in [6.07, 6.45) is 0.344. The predicted octanol–water partition coefficient (Wildman–Crippen LogP) is 1.29. The number of nitrogens with zero attached hydrogens (tertiary/aromatic N) is 6. The van der Waals surface area contributed by atoms with Crippen LogP contribution in [0.3, 0.4) is 0 Å². The zero-order valence-corrected chi connectivity index (χ0v) is 29.3. The van der Waals surface area contributed by atoms with Gasteiger partial charge in [-0.3, -0.25) is 14.4 Å². The first kappa shape index (κ1) is 37.9. The van der Waals surface area contributed by atoms with Crippen molar-refractivity contribution < 1.29 is 32.6 Å². The number of ether oxygens (including phenoxy) is 1. The molecule has 266 valence electrons. The van der Waals surface area contributed by atoms with Gasteiger partial charge in [-0.05, 0) is 60.0 Å². The van der Waals surface area contributed by atoms with Crippen molar-refractivity contribution in [2.75, 3.05) is 33.4 Å². The first-order valence-electron chi connectivity index (χ1n) is 16.0. The van der Waals surface area contributed by atoms with Crippen LogP contribution in [0.5, 0.6) is 0 Å². The van der Waals surface area contributed by atoms with Gasteiger partial charge in [0.05, 0.1) is 36.7 Å². The molecule has 4 rings (SSSR count). The molecule has 49 heavy (non-hydrogen) atoms. The van der Waals surface area contributed by atoms with Gasteiger partial charge in [-0.25, -0.2) is 17.8 Å². The molecule has 1 aliphatic heterocycles. The Morgan fingerprint density at radius 2 is 1.82 bits per heavy atom. The van der Waals surface area contributed by atoms with Crippen LogP contribution in [0.4, 0.5) is 0 Å². The molecule has 0 bridgehead atoms. The summed E-state index contributed by atoms with van der Waals surface area (Å²) in [4.78, 5) is 43.9. The number of likely N-dealkylation sites (N-methyl/N-ethyl adjacent to an activating group) is 1. The third-order valence-corrected chi connectivity index (χ3v) is 9.97. The number of halogens is 1. The van der Waals surface area contributed by atoms with E-state index in [0.717, 1.165) is 0 Å². The summed E-state index contributed by atoms with van der Waals surface area (Å²) in [6, 6.07) is 11.6. The fourth-order valence-corrected chi connectivity index (χ4v) is 7.35. The van der Waals surface area contributed by atoms with E-state index >= 15 is 0 Å². The highest BCUT2D eigenvalue weighted by molar-refractivity contribution is 7.88. The quantitative estimate of drug-likeness (QED) is 0.195. The number of aliphatic hydroxyl groups is 1. The number of tetrazole rings is 1. The van der Waals surface area contributed by atoms with Gasteiger partial charge in [-0.15, -0.1) is 5.10 Å². The maximum atomic E-state index is 14.2. The van der Waals surface area contributed by atoms with Gasteiger partial charge in [0.25, 0.3) is 0 Å². The number of carbonyl (C=O) groups is 3. The number of hydrogen-bond acceptors (Lipinski definition) is 10. The highest BCUT2D eigenvalue weighted by Gasteiger charge is 2.36. The van der Waals surface area contributed by atoms with E-state index < -0.39 is 45.9 Å². The lowest BCUT2D eigenvalue weighted by molar-refractivity contribution is -0.144. The van der Waals surface area contributed by atoms with E-state index in [1.54, 1.807) is 60.4 Å². The highest BCUT2D eigenvalue weighted by atomic mass is 35.5. The van der Waals surface area contributed by atoms with Crippen LogP contribution < -0.4 is 10.0 Å². The SMILES string of the molecule is CC(O)CC(C(=O)NCc1cc(Cl)ccc1-n1cnnn1)N(C)C(=O)C(CCC(=O)N1CCOCC1)C(C)NS(=O)(=O)Cc1ccccc1. The van der Waals surface area contributed by atoms with Crippen molar-refractivity contribution in [3.63, 3.8) is 0 Å². The van der Waals surface area contributed by atoms with Crippen LogP contribution in [0.25, 0.3) is 5.69 Å². The van der Waals surface area contributed by atoms with E-state index in [0.29, 0.717) is 48.1 Å². The fraction of sp³-hybridized carbons (Fsp3) is 0.500. The van der Waals surface area contributed by atoms with Crippen LogP contribution >= 0.6 is 11.6 Å². The van der Waals surface area contributed by atoms with Gasteiger partial charge in [0.15, 0.2) is 0 Å². The third-order valence-electron chi connectivity index (χ3n) is 8.29. The first-order valence-corrected chi connectivity index (χ1v) is 18.0. The minimum atomic E-state index is -3.90. The fourth-order valence-electron chi connectivity index (χ4n) is 5.71. The molecule has 3 aromatic rings. The molecule has 0 saturated carbocycles. The molecule has 4 atom stereocenters. The molecular formula is C32H43ClN8O7S. The maximum Gasteiger partial charge on any atom is 0.243 e. The Balaban J connectivity index is 1.53. The molecule has 0 aliphatic carbocycles. The maximum absolute atomic E-state index is 14.2. The molecule has 15 nitrogen and oxygen atoms in total. The van der Waals surface area contributed by atoms with Crippen molar-refractivity contribution in [2.45, 2.75) is 63.6 Å². The molecule has 2 aromatic carbocycles. The predicted molar refractivity (Wildman–Crippen MR) is 181 cm³/mol. The van der Waals surface area contributed by atoms with Crippen LogP contribution in [0.1, 0.15) is 44.2 Å². The molecule has 3 amide bonds. The third kappa shape index (κ3) is 11.0. The van der Waals surface area contributed by atoms with Crippen molar-refractivity contribution in [3.05, 3.63) is 71.0 Å². The van der Waals surface area contributed by atoms with Crippen molar-refractivity contribution in [1.29, 1.82) is 0 Å². The Labute approximate surface area is 291 Å². The molecule has 4 unspecified atom stereocenters. The number of aliphatic hydroxyl groups excluding tert-OH is 1. The van der Waals surface area contributed by atoms with Gasteiger partial charge in [-0.1, -0.05) is 41.9 Å². The summed E-state index contributed by atoms with van der Waals surface area (Å²) in [5, 5.41) is 24.8. The normalized spacial score (nSPS) is 16.0. The monoisotopic (exact) mass is 718 g/mol. The molecule has 0 spiro atoms. The zero-order chi connectivity index (χ0) is 35.6. The van der Waals surface area contributed by atoms with Gasteiger partial charge in [0.2, 0.25) is 27.7 Å². The number of morpholine rings is 1. The molecule has 0 radical (unpaired) electrons. The lowest BCUT2D eigenvalue weighted by Crippen LogP contribution is -2.53. The summed E-state index contributed by atoms with van der Waals surface area (Å²) < 4.78 is 35.8.